The van der Waals surface area contributed by atoms with Crippen LogP contribution in [0.1, 0.15) is 41.4 Å². The molecule has 0 amide bonds. The number of fused-ring (bicyclic) bond motifs is 1. The molecule has 3 aromatic rings. The summed E-state index contributed by atoms with van der Waals surface area (Å²) in [6, 6.07) is 19.7. The van der Waals surface area contributed by atoms with E-state index in [1.54, 1.807) is 20.3 Å². The molecule has 1 N–H and O–H groups in total. The molecule has 2 heterocycles. The van der Waals surface area contributed by atoms with Gasteiger partial charge in [-0.2, -0.15) is 0 Å². The summed E-state index contributed by atoms with van der Waals surface area (Å²) in [4.78, 5) is 2.45. The summed E-state index contributed by atoms with van der Waals surface area (Å²) in [5, 5.41) is 10.3. The summed E-state index contributed by atoms with van der Waals surface area (Å²) in [5.41, 5.74) is 3.21. The molecule has 1 saturated heterocycles. The molecule has 0 radical (unpaired) electrons. The van der Waals surface area contributed by atoms with E-state index in [0.29, 0.717) is 24.7 Å². The molecular weight excluding hydrogens is 442 g/mol. The SMILES string of the molecule is COc1ccc([C@@H]2COc3ccc(O)cc3[C@@H]2c2ccc(OCCN3CCCC3)cc2)cc1OC. The molecule has 35 heavy (non-hydrogen) atoms. The summed E-state index contributed by atoms with van der Waals surface area (Å²) < 4.78 is 23.2. The van der Waals surface area contributed by atoms with Crippen LogP contribution in [-0.2, 0) is 0 Å². The molecule has 0 unspecified atom stereocenters. The van der Waals surface area contributed by atoms with E-state index in [1.165, 1.54) is 25.9 Å². The van der Waals surface area contributed by atoms with Gasteiger partial charge in [-0.3, -0.25) is 4.90 Å². The fraction of sp³-hybridized carbons (Fsp3) is 0.379. The molecule has 2 aliphatic heterocycles. The first-order valence-electron chi connectivity index (χ1n) is 12.3. The average Bonchev–Trinajstić information content (AvgIpc) is 3.41. The molecule has 3 aromatic carbocycles. The quantitative estimate of drug-likeness (QED) is 0.484. The normalized spacial score (nSPS) is 19.6. The standard InChI is InChI=1S/C29H33NO5/c1-32-27-11-7-21(17-28(27)33-2)25-19-35-26-12-8-22(31)18-24(26)29(25)20-5-9-23(10-6-20)34-16-15-30-13-3-4-14-30/h5-12,17-18,25,29,31H,3-4,13-16,19H2,1-2H3/t25-,29-/m0/s1. The van der Waals surface area contributed by atoms with Gasteiger partial charge in [-0.05, 0) is 79.5 Å². The molecule has 2 aliphatic rings. The maximum absolute atomic E-state index is 10.3. The maximum atomic E-state index is 10.3. The van der Waals surface area contributed by atoms with Gasteiger partial charge in [0.25, 0.3) is 0 Å². The molecule has 184 valence electrons. The Morgan fingerprint density at radius 3 is 2.37 bits per heavy atom. The lowest BCUT2D eigenvalue weighted by Gasteiger charge is -2.35. The number of benzene rings is 3. The zero-order valence-electron chi connectivity index (χ0n) is 20.4. The van der Waals surface area contributed by atoms with Crippen molar-refractivity contribution in [2.45, 2.75) is 24.7 Å². The number of ether oxygens (including phenoxy) is 4. The van der Waals surface area contributed by atoms with E-state index < -0.39 is 0 Å². The number of hydrogen-bond acceptors (Lipinski definition) is 6. The van der Waals surface area contributed by atoms with E-state index in [-0.39, 0.29) is 17.6 Å². The minimum absolute atomic E-state index is 0.00241. The highest BCUT2D eigenvalue weighted by atomic mass is 16.5. The van der Waals surface area contributed by atoms with Crippen LogP contribution in [0.2, 0.25) is 0 Å². The van der Waals surface area contributed by atoms with Crippen molar-refractivity contribution in [2.24, 2.45) is 0 Å². The van der Waals surface area contributed by atoms with E-state index >= 15 is 0 Å². The van der Waals surface area contributed by atoms with E-state index in [0.717, 1.165) is 34.7 Å². The highest BCUT2D eigenvalue weighted by Crippen LogP contribution is 2.48. The topological polar surface area (TPSA) is 60.4 Å². The van der Waals surface area contributed by atoms with Crippen molar-refractivity contribution in [2.75, 3.05) is 47.1 Å². The third kappa shape index (κ3) is 5.03. The van der Waals surface area contributed by atoms with Gasteiger partial charge in [0.15, 0.2) is 11.5 Å². The minimum Gasteiger partial charge on any atom is -0.508 e. The number of phenolic OH excluding ortho intramolecular Hbond substituents is 1. The van der Waals surface area contributed by atoms with Crippen LogP contribution in [0, 0.1) is 0 Å². The first-order chi connectivity index (χ1) is 17.2. The summed E-state index contributed by atoms with van der Waals surface area (Å²) in [7, 11) is 3.28. The number of likely N-dealkylation sites (tertiary alicyclic amines) is 1. The van der Waals surface area contributed by atoms with Gasteiger partial charge >= 0.3 is 0 Å². The lowest BCUT2D eigenvalue weighted by atomic mass is 9.75. The summed E-state index contributed by atoms with van der Waals surface area (Å²) in [6.45, 7) is 4.54. The zero-order chi connectivity index (χ0) is 24.2. The van der Waals surface area contributed by atoms with Gasteiger partial charge in [-0.1, -0.05) is 18.2 Å². The summed E-state index contributed by atoms with van der Waals surface area (Å²) in [5.74, 6) is 3.32. The molecule has 0 aromatic heterocycles. The van der Waals surface area contributed by atoms with Crippen LogP contribution in [0.15, 0.2) is 60.7 Å². The Kier molecular flexibility index (Phi) is 7.00. The Balaban J connectivity index is 1.43. The van der Waals surface area contributed by atoms with Crippen LogP contribution < -0.4 is 18.9 Å². The number of nitrogens with zero attached hydrogens (tertiary/aromatic N) is 1. The van der Waals surface area contributed by atoms with Crippen LogP contribution >= 0.6 is 0 Å². The number of rotatable bonds is 8. The highest BCUT2D eigenvalue weighted by molar-refractivity contribution is 5.52. The molecule has 0 spiro atoms. The van der Waals surface area contributed by atoms with Gasteiger partial charge in [0.05, 0.1) is 20.8 Å². The van der Waals surface area contributed by atoms with Crippen molar-refractivity contribution in [3.05, 3.63) is 77.4 Å². The molecule has 0 saturated carbocycles. The van der Waals surface area contributed by atoms with Crippen LogP contribution in [0.5, 0.6) is 28.7 Å². The summed E-state index contributed by atoms with van der Waals surface area (Å²) in [6.07, 6.45) is 2.58. The van der Waals surface area contributed by atoms with E-state index in [9.17, 15) is 5.11 Å². The van der Waals surface area contributed by atoms with Crippen molar-refractivity contribution in [1.82, 2.24) is 4.90 Å². The molecule has 0 aliphatic carbocycles. The average molecular weight is 476 g/mol. The second-order valence-corrected chi connectivity index (χ2v) is 9.20. The molecule has 6 heteroatoms. The van der Waals surface area contributed by atoms with Crippen LogP contribution in [0.4, 0.5) is 0 Å². The van der Waals surface area contributed by atoms with Crippen LogP contribution in [-0.4, -0.2) is 57.1 Å². The molecule has 2 atom stereocenters. The van der Waals surface area contributed by atoms with Gasteiger partial charge in [-0.25, -0.2) is 0 Å². The third-order valence-corrected chi connectivity index (χ3v) is 7.10. The van der Waals surface area contributed by atoms with Crippen molar-refractivity contribution in [1.29, 1.82) is 0 Å². The third-order valence-electron chi connectivity index (χ3n) is 7.10. The zero-order valence-corrected chi connectivity index (χ0v) is 20.4. The Hall–Kier alpha value is -3.38. The van der Waals surface area contributed by atoms with Gasteiger partial charge in [0.2, 0.25) is 0 Å². The fourth-order valence-corrected chi connectivity index (χ4v) is 5.26. The second-order valence-electron chi connectivity index (χ2n) is 9.20. The second kappa shape index (κ2) is 10.5. The van der Waals surface area contributed by atoms with Crippen LogP contribution in [0.3, 0.4) is 0 Å². The largest absolute Gasteiger partial charge is 0.508 e. The summed E-state index contributed by atoms with van der Waals surface area (Å²) >= 11 is 0. The van der Waals surface area contributed by atoms with Gasteiger partial charge in [0.1, 0.15) is 23.9 Å². The Morgan fingerprint density at radius 1 is 0.886 bits per heavy atom. The van der Waals surface area contributed by atoms with Crippen molar-refractivity contribution >= 4 is 0 Å². The predicted molar refractivity (Wildman–Crippen MR) is 135 cm³/mol. The predicted octanol–water partition coefficient (Wildman–Crippen LogP) is 5.19. The van der Waals surface area contributed by atoms with Gasteiger partial charge in [-0.15, -0.1) is 0 Å². The van der Waals surface area contributed by atoms with Crippen LogP contribution in [0.25, 0.3) is 0 Å². The maximum Gasteiger partial charge on any atom is 0.160 e. The van der Waals surface area contributed by atoms with Gasteiger partial charge < -0.3 is 24.1 Å². The number of phenols is 1. The first kappa shape index (κ1) is 23.4. The lowest BCUT2D eigenvalue weighted by molar-refractivity contribution is 0.237. The Bertz CT molecular complexity index is 1140. The lowest BCUT2D eigenvalue weighted by Crippen LogP contribution is -2.25. The van der Waals surface area contributed by atoms with E-state index in [2.05, 4.69) is 23.1 Å². The smallest absolute Gasteiger partial charge is 0.160 e. The number of aromatic hydroxyl groups is 1. The van der Waals surface area contributed by atoms with Crippen molar-refractivity contribution in [3.8, 4) is 28.7 Å². The molecule has 1 fully saturated rings. The first-order valence-corrected chi connectivity index (χ1v) is 12.3. The fourth-order valence-electron chi connectivity index (χ4n) is 5.26. The number of hydrogen-bond donors (Lipinski definition) is 1. The molecule has 0 bridgehead atoms. The van der Waals surface area contributed by atoms with E-state index in [1.807, 2.05) is 36.4 Å². The van der Waals surface area contributed by atoms with Crippen molar-refractivity contribution < 1.29 is 24.1 Å². The molecular formula is C29H33NO5. The van der Waals surface area contributed by atoms with Crippen molar-refractivity contribution in [3.63, 3.8) is 0 Å². The highest BCUT2D eigenvalue weighted by Gasteiger charge is 2.34. The van der Waals surface area contributed by atoms with E-state index in [4.69, 9.17) is 18.9 Å². The van der Waals surface area contributed by atoms with Gasteiger partial charge in [0, 0.05) is 23.9 Å². The molecule has 5 rings (SSSR count). The minimum atomic E-state index is 0.00241. The monoisotopic (exact) mass is 475 g/mol. The molecule has 6 nitrogen and oxygen atoms in total. The Morgan fingerprint density at radius 2 is 1.63 bits per heavy atom. The Labute approximate surface area is 207 Å². The number of methoxy groups -OCH3 is 2.